The van der Waals surface area contributed by atoms with Gasteiger partial charge < -0.3 is 14.4 Å². The Hall–Kier alpha value is -1.06. The van der Waals surface area contributed by atoms with Gasteiger partial charge in [0.15, 0.2) is 0 Å². The molecular formula is C14H24NO2+. The van der Waals surface area contributed by atoms with Crippen molar-refractivity contribution in [1.29, 1.82) is 0 Å². The molecule has 0 saturated carbocycles. The van der Waals surface area contributed by atoms with Crippen molar-refractivity contribution in [3.05, 3.63) is 29.3 Å². The molecule has 0 heterocycles. The van der Waals surface area contributed by atoms with Crippen LogP contribution in [0.1, 0.15) is 11.1 Å². The van der Waals surface area contributed by atoms with Crippen LogP contribution in [0.25, 0.3) is 0 Å². The van der Waals surface area contributed by atoms with E-state index in [9.17, 15) is 0 Å². The lowest BCUT2D eigenvalue weighted by molar-refractivity contribution is -0.858. The molecule has 1 aromatic carbocycles. The summed E-state index contributed by atoms with van der Waals surface area (Å²) in [6.45, 7) is 7.27. The van der Waals surface area contributed by atoms with Gasteiger partial charge in [0.25, 0.3) is 0 Å². The molecule has 1 rings (SSSR count). The molecule has 0 amide bonds. The molecular weight excluding hydrogens is 214 g/mol. The molecule has 96 valence electrons. The summed E-state index contributed by atoms with van der Waals surface area (Å²) in [5.74, 6) is 0.965. The van der Waals surface area contributed by atoms with Gasteiger partial charge in [0.05, 0.1) is 27.3 Å². The molecule has 0 bridgehead atoms. The topological polar surface area (TPSA) is 22.9 Å². The van der Waals surface area contributed by atoms with Gasteiger partial charge in [-0.05, 0) is 31.0 Å². The van der Waals surface area contributed by atoms with E-state index in [1.807, 2.05) is 12.1 Å². The Kier molecular flexibility index (Phi) is 6.01. The monoisotopic (exact) mass is 238 g/mol. The lowest BCUT2D eigenvalue weighted by Gasteiger charge is -2.11. The van der Waals surface area contributed by atoms with Crippen molar-refractivity contribution in [2.24, 2.45) is 0 Å². The van der Waals surface area contributed by atoms with Gasteiger partial charge in [0, 0.05) is 0 Å². The fraction of sp³-hybridized carbons (Fsp3) is 0.571. The van der Waals surface area contributed by atoms with E-state index in [2.05, 4.69) is 34.0 Å². The first-order valence-corrected chi connectivity index (χ1v) is 6.17. The normalized spacial score (nSPS) is 10.9. The van der Waals surface area contributed by atoms with Gasteiger partial charge in [0.2, 0.25) is 0 Å². The molecule has 17 heavy (non-hydrogen) atoms. The maximum absolute atomic E-state index is 5.69. The lowest BCUT2D eigenvalue weighted by atomic mass is 10.1. The van der Waals surface area contributed by atoms with Crippen LogP contribution in [0.5, 0.6) is 5.75 Å². The van der Waals surface area contributed by atoms with Crippen molar-refractivity contribution in [3.63, 3.8) is 0 Å². The number of hydrogen-bond donors (Lipinski definition) is 1. The number of aryl methyl sites for hydroxylation is 1. The van der Waals surface area contributed by atoms with Crippen LogP contribution in [0, 0.1) is 13.8 Å². The van der Waals surface area contributed by atoms with Gasteiger partial charge in [-0.1, -0.05) is 12.1 Å². The van der Waals surface area contributed by atoms with E-state index in [0.29, 0.717) is 13.2 Å². The summed E-state index contributed by atoms with van der Waals surface area (Å²) >= 11 is 0. The number of nitrogens with one attached hydrogen (secondary N) is 1. The van der Waals surface area contributed by atoms with Gasteiger partial charge in [-0.3, -0.25) is 0 Å². The molecule has 0 saturated heterocycles. The molecule has 0 spiro atoms. The second kappa shape index (κ2) is 7.30. The smallest absolute Gasteiger partial charge is 0.122 e. The average molecular weight is 238 g/mol. The van der Waals surface area contributed by atoms with Gasteiger partial charge in [-0.2, -0.15) is 0 Å². The molecule has 0 atom stereocenters. The number of ether oxygens (including phenoxy) is 2. The van der Waals surface area contributed by atoms with Gasteiger partial charge in [-0.25, -0.2) is 0 Å². The standard InChI is InChI=1S/C14H23NO2/c1-12-6-5-7-14(13(12)2)17-11-10-16-9-8-15(3)4/h5-7H,8-11H2,1-4H3/p+1. The molecule has 0 radical (unpaired) electrons. The lowest BCUT2D eigenvalue weighted by Crippen LogP contribution is -3.06. The van der Waals surface area contributed by atoms with E-state index in [1.54, 1.807) is 0 Å². The summed E-state index contributed by atoms with van der Waals surface area (Å²) in [5.41, 5.74) is 2.48. The summed E-state index contributed by atoms with van der Waals surface area (Å²) in [5, 5.41) is 0. The second-order valence-electron chi connectivity index (χ2n) is 4.62. The molecule has 0 fully saturated rings. The summed E-state index contributed by atoms with van der Waals surface area (Å²) in [6.07, 6.45) is 0. The largest absolute Gasteiger partial charge is 0.491 e. The number of benzene rings is 1. The van der Waals surface area contributed by atoms with Gasteiger partial charge in [0.1, 0.15) is 18.9 Å². The molecule has 0 aromatic heterocycles. The van der Waals surface area contributed by atoms with Crippen LogP contribution in [-0.2, 0) is 4.74 Å². The minimum absolute atomic E-state index is 0.618. The summed E-state index contributed by atoms with van der Waals surface area (Å²) in [7, 11) is 4.24. The minimum atomic E-state index is 0.618. The average Bonchev–Trinajstić information content (AvgIpc) is 2.28. The second-order valence-corrected chi connectivity index (χ2v) is 4.62. The zero-order chi connectivity index (χ0) is 12.7. The number of quaternary nitrogens is 1. The first kappa shape index (κ1) is 14.0. The fourth-order valence-electron chi connectivity index (χ4n) is 1.47. The molecule has 3 nitrogen and oxygen atoms in total. The molecule has 0 aliphatic heterocycles. The van der Waals surface area contributed by atoms with Crippen molar-refractivity contribution < 1.29 is 14.4 Å². The predicted octanol–water partition coefficient (Wildman–Crippen LogP) is 0.843. The molecule has 0 aliphatic rings. The van der Waals surface area contributed by atoms with Crippen LogP contribution in [0.2, 0.25) is 0 Å². The molecule has 1 N–H and O–H groups in total. The van der Waals surface area contributed by atoms with E-state index < -0.39 is 0 Å². The van der Waals surface area contributed by atoms with Crippen molar-refractivity contribution in [2.75, 3.05) is 40.5 Å². The Labute approximate surface area is 104 Å². The quantitative estimate of drug-likeness (QED) is 0.712. The van der Waals surface area contributed by atoms with E-state index in [-0.39, 0.29) is 0 Å². The highest BCUT2D eigenvalue weighted by atomic mass is 16.5. The van der Waals surface area contributed by atoms with Crippen molar-refractivity contribution >= 4 is 0 Å². The van der Waals surface area contributed by atoms with E-state index in [0.717, 1.165) is 18.9 Å². The van der Waals surface area contributed by atoms with E-state index in [4.69, 9.17) is 9.47 Å². The van der Waals surface area contributed by atoms with Crippen LogP contribution >= 0.6 is 0 Å². The summed E-state index contributed by atoms with van der Waals surface area (Å²) in [6, 6.07) is 6.12. The van der Waals surface area contributed by atoms with Crippen LogP contribution < -0.4 is 9.64 Å². The number of likely N-dealkylation sites (N-methyl/N-ethyl adjacent to an activating group) is 1. The van der Waals surface area contributed by atoms with Gasteiger partial charge in [-0.15, -0.1) is 0 Å². The van der Waals surface area contributed by atoms with Crippen molar-refractivity contribution in [1.82, 2.24) is 0 Å². The van der Waals surface area contributed by atoms with Crippen molar-refractivity contribution in [3.8, 4) is 5.75 Å². The summed E-state index contributed by atoms with van der Waals surface area (Å²) in [4.78, 5) is 1.40. The van der Waals surface area contributed by atoms with Crippen LogP contribution in [-0.4, -0.2) is 40.5 Å². The highest BCUT2D eigenvalue weighted by Crippen LogP contribution is 2.20. The third kappa shape index (κ3) is 5.20. The summed E-state index contributed by atoms with van der Waals surface area (Å²) < 4.78 is 11.2. The van der Waals surface area contributed by atoms with Crippen LogP contribution in [0.15, 0.2) is 18.2 Å². The Morgan fingerprint density at radius 3 is 2.53 bits per heavy atom. The van der Waals surface area contributed by atoms with E-state index in [1.165, 1.54) is 16.0 Å². The zero-order valence-electron chi connectivity index (χ0n) is 11.4. The third-order valence-corrected chi connectivity index (χ3v) is 2.79. The number of hydrogen-bond acceptors (Lipinski definition) is 2. The van der Waals surface area contributed by atoms with Crippen molar-refractivity contribution in [2.45, 2.75) is 13.8 Å². The maximum atomic E-state index is 5.69. The molecule has 3 heteroatoms. The van der Waals surface area contributed by atoms with Crippen LogP contribution in [0.3, 0.4) is 0 Å². The highest BCUT2D eigenvalue weighted by Gasteiger charge is 2.01. The SMILES string of the molecule is Cc1cccc(OCCOCC[NH+](C)C)c1C. The Morgan fingerprint density at radius 2 is 1.82 bits per heavy atom. The molecule has 1 aromatic rings. The Bertz CT molecular complexity index is 337. The van der Waals surface area contributed by atoms with Gasteiger partial charge >= 0.3 is 0 Å². The van der Waals surface area contributed by atoms with Crippen LogP contribution in [0.4, 0.5) is 0 Å². The third-order valence-electron chi connectivity index (χ3n) is 2.79. The fourth-order valence-corrected chi connectivity index (χ4v) is 1.47. The first-order chi connectivity index (χ1) is 8.11. The highest BCUT2D eigenvalue weighted by molar-refractivity contribution is 5.38. The molecule has 0 unspecified atom stereocenters. The predicted molar refractivity (Wildman–Crippen MR) is 69.9 cm³/mol. The number of rotatable bonds is 7. The Balaban J connectivity index is 2.20. The first-order valence-electron chi connectivity index (χ1n) is 6.17. The molecule has 0 aliphatic carbocycles. The minimum Gasteiger partial charge on any atom is -0.491 e. The zero-order valence-corrected chi connectivity index (χ0v) is 11.4. The maximum Gasteiger partial charge on any atom is 0.122 e. The van der Waals surface area contributed by atoms with E-state index >= 15 is 0 Å². The Morgan fingerprint density at radius 1 is 1.06 bits per heavy atom.